The van der Waals surface area contributed by atoms with E-state index in [1.807, 2.05) is 47.5 Å². The first-order chi connectivity index (χ1) is 18.6. The van der Waals surface area contributed by atoms with Crippen molar-refractivity contribution < 1.29 is 14.3 Å². The SMILES string of the molecule is [C-]#[N+]c1cc(-c2ccnc(Nc3ccc(N4CCOCC4)cn3)c2)ccc1OCC1CCN(C(C)=O)CC1. The van der Waals surface area contributed by atoms with Crippen LogP contribution in [0.15, 0.2) is 54.9 Å². The standard InChI is InChI=1S/C29H32N6O3/c1-21(36)34-11-8-22(9-12-34)20-38-27-5-3-23(17-26(27)30-2)24-7-10-31-29(18-24)33-28-6-4-25(19-32-28)35-13-15-37-16-14-35/h3-7,10,17-19,22H,8-9,11-16,20H2,1H3,(H,31,32,33). The molecule has 4 heterocycles. The Morgan fingerprint density at radius 1 is 1.05 bits per heavy atom. The highest BCUT2D eigenvalue weighted by Crippen LogP contribution is 2.34. The third kappa shape index (κ3) is 6.21. The molecule has 1 N–H and O–H groups in total. The minimum absolute atomic E-state index is 0.127. The number of morpholine rings is 1. The molecule has 5 rings (SSSR count). The number of nitrogens with zero attached hydrogens (tertiary/aromatic N) is 5. The Balaban J connectivity index is 1.22. The molecule has 0 unspecified atom stereocenters. The van der Waals surface area contributed by atoms with Gasteiger partial charge in [0.05, 0.1) is 38.3 Å². The molecule has 0 radical (unpaired) electrons. The number of pyridine rings is 2. The van der Waals surface area contributed by atoms with Crippen LogP contribution in [0.4, 0.5) is 23.0 Å². The summed E-state index contributed by atoms with van der Waals surface area (Å²) in [6.07, 6.45) is 5.45. The van der Waals surface area contributed by atoms with Gasteiger partial charge in [0.25, 0.3) is 0 Å². The molecule has 0 spiro atoms. The summed E-state index contributed by atoms with van der Waals surface area (Å²) in [6.45, 7) is 14.6. The summed E-state index contributed by atoms with van der Waals surface area (Å²) in [6, 6.07) is 13.6. The summed E-state index contributed by atoms with van der Waals surface area (Å²) in [5.74, 6) is 2.49. The lowest BCUT2D eigenvalue weighted by Gasteiger charge is -2.31. The minimum Gasteiger partial charge on any atom is -0.504 e. The first kappa shape index (κ1) is 25.5. The van der Waals surface area contributed by atoms with Gasteiger partial charge >= 0.3 is 0 Å². The zero-order chi connectivity index (χ0) is 26.3. The molecular weight excluding hydrogens is 480 g/mol. The fourth-order valence-corrected chi connectivity index (χ4v) is 4.81. The number of amides is 1. The number of benzene rings is 1. The van der Waals surface area contributed by atoms with E-state index in [0.717, 1.165) is 69.0 Å². The maximum atomic E-state index is 11.5. The number of hydrogen-bond acceptors (Lipinski definition) is 7. The second kappa shape index (κ2) is 11.9. The summed E-state index contributed by atoms with van der Waals surface area (Å²) in [5, 5.41) is 3.28. The second-order valence-electron chi connectivity index (χ2n) is 9.61. The summed E-state index contributed by atoms with van der Waals surface area (Å²) >= 11 is 0. The maximum Gasteiger partial charge on any atom is 0.228 e. The Labute approximate surface area is 223 Å². The summed E-state index contributed by atoms with van der Waals surface area (Å²) in [5.41, 5.74) is 3.42. The van der Waals surface area contributed by atoms with Crippen LogP contribution in [0.25, 0.3) is 16.0 Å². The minimum atomic E-state index is 0.127. The van der Waals surface area contributed by atoms with E-state index in [0.29, 0.717) is 35.6 Å². The van der Waals surface area contributed by atoms with Crippen LogP contribution in [0.2, 0.25) is 0 Å². The predicted molar refractivity (Wildman–Crippen MR) is 147 cm³/mol. The highest BCUT2D eigenvalue weighted by Gasteiger charge is 2.21. The number of aromatic nitrogens is 2. The van der Waals surface area contributed by atoms with Crippen molar-refractivity contribution >= 4 is 28.9 Å². The molecule has 0 bridgehead atoms. The van der Waals surface area contributed by atoms with E-state index in [-0.39, 0.29) is 5.91 Å². The van der Waals surface area contributed by atoms with Crippen molar-refractivity contribution in [1.82, 2.24) is 14.9 Å². The molecule has 2 aromatic heterocycles. The quantitative estimate of drug-likeness (QED) is 0.450. The Kier molecular flexibility index (Phi) is 8.00. The third-order valence-electron chi connectivity index (χ3n) is 7.09. The zero-order valence-electron chi connectivity index (χ0n) is 21.6. The van der Waals surface area contributed by atoms with Gasteiger partial charge in [-0.05, 0) is 66.3 Å². The van der Waals surface area contributed by atoms with Gasteiger partial charge in [0, 0.05) is 39.3 Å². The van der Waals surface area contributed by atoms with Gasteiger partial charge in [-0.1, -0.05) is 6.07 Å². The van der Waals surface area contributed by atoms with Gasteiger partial charge in [-0.25, -0.2) is 14.8 Å². The molecule has 1 amide bonds. The highest BCUT2D eigenvalue weighted by atomic mass is 16.5. The molecule has 0 atom stereocenters. The van der Waals surface area contributed by atoms with Crippen LogP contribution in [-0.4, -0.2) is 66.8 Å². The van der Waals surface area contributed by atoms with Crippen LogP contribution in [0.3, 0.4) is 0 Å². The van der Waals surface area contributed by atoms with Gasteiger partial charge in [-0.2, -0.15) is 0 Å². The smallest absolute Gasteiger partial charge is 0.228 e. The van der Waals surface area contributed by atoms with Crippen LogP contribution in [0, 0.1) is 12.5 Å². The van der Waals surface area contributed by atoms with Gasteiger partial charge < -0.3 is 24.6 Å². The second-order valence-corrected chi connectivity index (χ2v) is 9.61. The molecule has 2 fully saturated rings. The van der Waals surface area contributed by atoms with Crippen molar-refractivity contribution in [1.29, 1.82) is 0 Å². The van der Waals surface area contributed by atoms with Gasteiger partial charge in [-0.15, -0.1) is 0 Å². The van der Waals surface area contributed by atoms with Crippen molar-refractivity contribution in [3.05, 3.63) is 66.3 Å². The van der Waals surface area contributed by atoms with E-state index in [4.69, 9.17) is 16.0 Å². The Morgan fingerprint density at radius 3 is 2.55 bits per heavy atom. The molecule has 2 saturated heterocycles. The molecule has 196 valence electrons. The van der Waals surface area contributed by atoms with Crippen molar-refractivity contribution in [2.45, 2.75) is 19.8 Å². The molecular formula is C29H32N6O3. The number of anilines is 3. The lowest BCUT2D eigenvalue weighted by Crippen LogP contribution is -2.38. The number of nitrogens with one attached hydrogen (secondary N) is 1. The molecule has 9 heteroatoms. The van der Waals surface area contributed by atoms with E-state index < -0.39 is 0 Å². The average molecular weight is 513 g/mol. The first-order valence-electron chi connectivity index (χ1n) is 13.0. The summed E-state index contributed by atoms with van der Waals surface area (Å²) in [4.78, 5) is 28.4. The van der Waals surface area contributed by atoms with Gasteiger partial charge in [-0.3, -0.25) is 4.79 Å². The van der Waals surface area contributed by atoms with Crippen LogP contribution >= 0.6 is 0 Å². The summed E-state index contributed by atoms with van der Waals surface area (Å²) < 4.78 is 11.5. The molecule has 0 saturated carbocycles. The van der Waals surface area contributed by atoms with Crippen LogP contribution in [-0.2, 0) is 9.53 Å². The average Bonchev–Trinajstić information content (AvgIpc) is 2.97. The van der Waals surface area contributed by atoms with Crippen LogP contribution in [0.1, 0.15) is 19.8 Å². The van der Waals surface area contributed by atoms with Crippen molar-refractivity contribution in [2.24, 2.45) is 5.92 Å². The van der Waals surface area contributed by atoms with E-state index in [1.54, 1.807) is 13.1 Å². The summed E-state index contributed by atoms with van der Waals surface area (Å²) in [7, 11) is 0. The molecule has 2 aliphatic heterocycles. The number of hydrogen-bond donors (Lipinski definition) is 1. The molecule has 9 nitrogen and oxygen atoms in total. The van der Waals surface area contributed by atoms with Crippen molar-refractivity contribution in [2.75, 3.05) is 56.2 Å². The Bertz CT molecular complexity index is 1290. The monoisotopic (exact) mass is 512 g/mol. The number of piperidine rings is 1. The Morgan fingerprint density at radius 2 is 1.84 bits per heavy atom. The maximum absolute atomic E-state index is 11.5. The van der Waals surface area contributed by atoms with Crippen LogP contribution < -0.4 is 15.0 Å². The first-order valence-corrected chi connectivity index (χ1v) is 13.0. The molecule has 1 aromatic carbocycles. The molecule has 3 aromatic rings. The lowest BCUT2D eigenvalue weighted by molar-refractivity contribution is -0.130. The van der Waals surface area contributed by atoms with Crippen molar-refractivity contribution in [3.63, 3.8) is 0 Å². The fraction of sp³-hybridized carbons (Fsp3) is 0.379. The van der Waals surface area contributed by atoms with Crippen LogP contribution in [0.5, 0.6) is 5.75 Å². The number of ether oxygens (including phenoxy) is 2. The largest absolute Gasteiger partial charge is 0.504 e. The van der Waals surface area contributed by atoms with Gasteiger partial charge in [0.15, 0.2) is 0 Å². The lowest BCUT2D eigenvalue weighted by atomic mass is 9.98. The van der Waals surface area contributed by atoms with E-state index in [2.05, 4.69) is 31.1 Å². The van der Waals surface area contributed by atoms with E-state index >= 15 is 0 Å². The molecule has 2 aliphatic rings. The topological polar surface area (TPSA) is 84.2 Å². The van der Waals surface area contributed by atoms with E-state index in [1.165, 1.54) is 0 Å². The highest BCUT2D eigenvalue weighted by molar-refractivity contribution is 5.74. The predicted octanol–water partition coefficient (Wildman–Crippen LogP) is 4.91. The zero-order valence-corrected chi connectivity index (χ0v) is 21.6. The molecule has 0 aliphatic carbocycles. The number of rotatable bonds is 7. The number of likely N-dealkylation sites (tertiary alicyclic amines) is 1. The van der Waals surface area contributed by atoms with Crippen molar-refractivity contribution in [3.8, 4) is 16.9 Å². The number of carbonyl (C=O) groups excluding carboxylic acids is 1. The fourth-order valence-electron chi connectivity index (χ4n) is 4.81. The van der Waals surface area contributed by atoms with Gasteiger partial charge in [0.2, 0.25) is 11.6 Å². The van der Waals surface area contributed by atoms with E-state index in [9.17, 15) is 4.79 Å². The normalized spacial score (nSPS) is 16.1. The number of carbonyl (C=O) groups is 1. The Hall–Kier alpha value is -4.16. The van der Waals surface area contributed by atoms with Gasteiger partial charge in [0.1, 0.15) is 17.4 Å². The molecule has 38 heavy (non-hydrogen) atoms. The third-order valence-corrected chi connectivity index (χ3v) is 7.09.